The largest absolute Gasteiger partial charge is 0.481 e. The van der Waals surface area contributed by atoms with Gasteiger partial charge in [-0.25, -0.2) is 4.39 Å². The van der Waals surface area contributed by atoms with Gasteiger partial charge in [-0.15, -0.1) is 0 Å². The molecule has 0 aliphatic heterocycles. The van der Waals surface area contributed by atoms with Crippen LogP contribution in [0.4, 0.5) is 4.39 Å². The Morgan fingerprint density at radius 2 is 1.70 bits per heavy atom. The molecular formula is C37H50FN3O4S. The Morgan fingerprint density at radius 1 is 1.02 bits per heavy atom. The lowest BCUT2D eigenvalue weighted by molar-refractivity contribution is -0.138. The molecule has 9 heteroatoms. The summed E-state index contributed by atoms with van der Waals surface area (Å²) < 4.78 is 17.4. The third kappa shape index (κ3) is 8.88. The van der Waals surface area contributed by atoms with E-state index in [1.54, 1.807) is 25.3 Å². The number of hydrogen-bond donors (Lipinski definition) is 2. The number of aromatic nitrogens is 1. The summed E-state index contributed by atoms with van der Waals surface area (Å²) in [5, 5.41) is 12.8. The van der Waals surface area contributed by atoms with Crippen LogP contribution in [0.5, 0.6) is 0 Å². The molecule has 0 radical (unpaired) electrons. The van der Waals surface area contributed by atoms with Crippen LogP contribution in [0.1, 0.15) is 96.5 Å². The van der Waals surface area contributed by atoms with Crippen LogP contribution in [0.3, 0.4) is 0 Å². The summed E-state index contributed by atoms with van der Waals surface area (Å²) in [4.78, 5) is 41.5. The van der Waals surface area contributed by atoms with Gasteiger partial charge in [-0.3, -0.25) is 14.4 Å². The van der Waals surface area contributed by atoms with E-state index in [2.05, 4.69) is 29.3 Å². The molecule has 2 atom stereocenters. The summed E-state index contributed by atoms with van der Waals surface area (Å²) >= 11 is 0. The van der Waals surface area contributed by atoms with Crippen molar-refractivity contribution in [1.29, 1.82) is 0 Å². The molecule has 1 fully saturated rings. The molecule has 0 saturated heterocycles. The fourth-order valence-corrected chi connectivity index (χ4v) is 6.32. The summed E-state index contributed by atoms with van der Waals surface area (Å²) in [5.74, 6) is -1.69. The first-order valence-corrected chi connectivity index (χ1v) is 16.0. The molecule has 4 rings (SSSR count). The molecule has 46 heavy (non-hydrogen) atoms. The van der Waals surface area contributed by atoms with E-state index in [-0.39, 0.29) is 30.5 Å². The summed E-state index contributed by atoms with van der Waals surface area (Å²) in [6, 6.07) is 7.34. The highest BCUT2D eigenvalue weighted by Gasteiger charge is 2.31. The Hall–Kier alpha value is -3.43. The van der Waals surface area contributed by atoms with Crippen LogP contribution < -0.4 is 10.9 Å². The monoisotopic (exact) mass is 651 g/mol. The number of halogens is 1. The Bertz CT molecular complexity index is 1640. The molecule has 1 aliphatic rings. The van der Waals surface area contributed by atoms with Gasteiger partial charge in [-0.2, -0.15) is 13.5 Å². The molecule has 1 heterocycles. The fourth-order valence-electron chi connectivity index (χ4n) is 6.32. The number of rotatable bonds is 13. The minimum absolute atomic E-state index is 0. The lowest BCUT2D eigenvalue weighted by Gasteiger charge is -2.27. The lowest BCUT2D eigenvalue weighted by Crippen LogP contribution is -2.40. The van der Waals surface area contributed by atoms with Crippen LogP contribution in [0.2, 0.25) is 0 Å². The van der Waals surface area contributed by atoms with E-state index in [9.17, 15) is 19.5 Å². The number of hydrogen-bond acceptors (Lipinski definition) is 4. The van der Waals surface area contributed by atoms with E-state index in [0.29, 0.717) is 24.3 Å². The standard InChI is InChI=1S/C37H48FN3O4.H2S/c1-21(2)13-32(41-20-27(11-12-40(7)8)23(4)17-33(41)42)37(45)39-31(19-34(43)44)30-18-28(16-25(6)36(30)38)35-24(5)14-22(3)15-29(35)26-9-10-26;/h14-18,20-21,26,31-32H,9-13,19H2,1-8H3,(H,39,45)(H,43,44);1H2/t31-,32?;/m0./s1. The van der Waals surface area contributed by atoms with Crippen molar-refractivity contribution in [2.45, 2.75) is 91.6 Å². The van der Waals surface area contributed by atoms with Gasteiger partial charge < -0.3 is 19.9 Å². The number of carboxylic acids is 1. The van der Waals surface area contributed by atoms with E-state index in [0.717, 1.165) is 47.2 Å². The predicted octanol–water partition coefficient (Wildman–Crippen LogP) is 6.90. The molecule has 1 saturated carbocycles. The highest BCUT2D eigenvalue weighted by atomic mass is 32.1. The number of likely N-dealkylation sites (N-methyl/N-ethyl adjacent to an activating group) is 1. The Balaban J connectivity index is 0.00000576. The lowest BCUT2D eigenvalue weighted by atomic mass is 9.87. The van der Waals surface area contributed by atoms with Gasteiger partial charge in [0.15, 0.2) is 0 Å². The van der Waals surface area contributed by atoms with Crippen LogP contribution in [0.25, 0.3) is 11.1 Å². The van der Waals surface area contributed by atoms with E-state index < -0.39 is 36.2 Å². The molecule has 1 aliphatic carbocycles. The average Bonchev–Trinajstić information content (AvgIpc) is 3.77. The first-order chi connectivity index (χ1) is 21.2. The van der Waals surface area contributed by atoms with Crippen LogP contribution in [0.15, 0.2) is 41.3 Å². The summed E-state index contributed by atoms with van der Waals surface area (Å²) in [6.07, 6.45) is 4.52. The van der Waals surface area contributed by atoms with Crippen LogP contribution in [-0.2, 0) is 16.0 Å². The van der Waals surface area contributed by atoms with Crippen molar-refractivity contribution in [3.05, 3.63) is 91.6 Å². The number of carbonyl (C=O) groups excluding carboxylic acids is 1. The topological polar surface area (TPSA) is 91.6 Å². The van der Waals surface area contributed by atoms with Crippen molar-refractivity contribution < 1.29 is 19.1 Å². The van der Waals surface area contributed by atoms with Crippen molar-refractivity contribution in [1.82, 2.24) is 14.8 Å². The van der Waals surface area contributed by atoms with E-state index in [4.69, 9.17) is 0 Å². The Kier molecular flexibility index (Phi) is 12.4. The number of amides is 1. The predicted molar refractivity (Wildman–Crippen MR) is 188 cm³/mol. The average molecular weight is 652 g/mol. The highest BCUT2D eigenvalue weighted by Crippen LogP contribution is 2.46. The van der Waals surface area contributed by atoms with Gasteiger partial charge in [0.05, 0.1) is 12.5 Å². The van der Waals surface area contributed by atoms with E-state index >= 15 is 4.39 Å². The molecule has 1 aromatic heterocycles. The summed E-state index contributed by atoms with van der Waals surface area (Å²) in [5.41, 5.74) is 7.36. The number of aryl methyl sites for hydroxylation is 4. The molecule has 7 nitrogen and oxygen atoms in total. The minimum atomic E-state index is -1.16. The third-order valence-corrected chi connectivity index (χ3v) is 8.73. The smallest absolute Gasteiger partial charge is 0.305 e. The maximum atomic E-state index is 15.9. The summed E-state index contributed by atoms with van der Waals surface area (Å²) in [7, 11) is 3.96. The zero-order chi connectivity index (χ0) is 33.2. The SMILES string of the molecule is Cc1cc(C)c(-c2cc(C)c(F)c([C@H](CC(=O)O)NC(=O)C(CC(C)C)n3cc(CCN(C)C)c(C)cc3=O)c2)c(C2CC2)c1.S. The molecule has 2 N–H and O–H groups in total. The van der Waals surface area contributed by atoms with Crippen molar-refractivity contribution >= 4 is 25.4 Å². The molecule has 3 aromatic rings. The number of carboxylic acid groups (broad SMARTS) is 1. The van der Waals surface area contributed by atoms with E-state index in [1.165, 1.54) is 15.7 Å². The van der Waals surface area contributed by atoms with Gasteiger partial charge in [0, 0.05) is 24.4 Å². The second-order valence-electron chi connectivity index (χ2n) is 13.6. The van der Waals surface area contributed by atoms with Crippen LogP contribution in [0, 0.1) is 39.4 Å². The maximum Gasteiger partial charge on any atom is 0.305 e. The molecule has 2 aromatic carbocycles. The second kappa shape index (κ2) is 15.4. The molecule has 250 valence electrons. The van der Waals surface area contributed by atoms with Crippen molar-refractivity contribution in [2.75, 3.05) is 20.6 Å². The molecule has 0 bridgehead atoms. The number of nitrogens with zero attached hydrogens (tertiary/aromatic N) is 2. The fraction of sp³-hybridized carbons (Fsp3) is 0.486. The van der Waals surface area contributed by atoms with Gasteiger partial charge in [-0.1, -0.05) is 31.5 Å². The van der Waals surface area contributed by atoms with Crippen LogP contribution >= 0.6 is 13.5 Å². The van der Waals surface area contributed by atoms with Gasteiger partial charge in [0.25, 0.3) is 5.56 Å². The van der Waals surface area contributed by atoms with Crippen molar-refractivity contribution in [3.8, 4) is 11.1 Å². The van der Waals surface area contributed by atoms with Crippen molar-refractivity contribution in [3.63, 3.8) is 0 Å². The maximum absolute atomic E-state index is 15.9. The number of nitrogens with one attached hydrogen (secondary N) is 1. The summed E-state index contributed by atoms with van der Waals surface area (Å²) in [6.45, 7) is 12.4. The first-order valence-electron chi connectivity index (χ1n) is 16.0. The minimum Gasteiger partial charge on any atom is -0.481 e. The Morgan fingerprint density at radius 3 is 2.28 bits per heavy atom. The Labute approximate surface area is 279 Å². The number of carbonyl (C=O) groups is 2. The number of pyridine rings is 1. The van der Waals surface area contributed by atoms with Gasteiger partial charge in [0.2, 0.25) is 5.91 Å². The van der Waals surface area contributed by atoms with Crippen LogP contribution in [-0.4, -0.2) is 47.1 Å². The normalized spacial score (nSPS) is 14.2. The second-order valence-corrected chi connectivity index (χ2v) is 13.6. The number of aliphatic carboxylic acids is 1. The number of benzene rings is 2. The highest BCUT2D eigenvalue weighted by molar-refractivity contribution is 7.59. The van der Waals surface area contributed by atoms with Gasteiger partial charge in [0.1, 0.15) is 11.9 Å². The molecule has 1 unspecified atom stereocenters. The van der Waals surface area contributed by atoms with E-state index in [1.807, 2.05) is 47.9 Å². The quantitative estimate of drug-likeness (QED) is 0.210. The third-order valence-electron chi connectivity index (χ3n) is 8.73. The van der Waals surface area contributed by atoms with Crippen molar-refractivity contribution in [2.24, 2.45) is 5.92 Å². The van der Waals surface area contributed by atoms with Gasteiger partial charge >= 0.3 is 5.97 Å². The van der Waals surface area contributed by atoms with Gasteiger partial charge in [-0.05, 0) is 130 Å². The molecule has 1 amide bonds. The molecular weight excluding hydrogens is 601 g/mol. The zero-order valence-electron chi connectivity index (χ0n) is 28.5. The first kappa shape index (κ1) is 37.0. The molecule has 0 spiro atoms. The zero-order valence-corrected chi connectivity index (χ0v) is 29.5.